The zero-order valence-corrected chi connectivity index (χ0v) is 15.3. The second kappa shape index (κ2) is 7.70. The number of ether oxygens (including phenoxy) is 1. The average molecular weight is 338 g/mol. The number of fused-ring (bicyclic) bond motifs is 1. The molecule has 4 nitrogen and oxygen atoms in total. The van der Waals surface area contributed by atoms with Gasteiger partial charge in [0, 0.05) is 32.3 Å². The minimum absolute atomic E-state index is 0.0820. The van der Waals surface area contributed by atoms with E-state index in [9.17, 15) is 4.79 Å². The molecule has 1 aliphatic heterocycles. The number of benzene rings is 2. The Morgan fingerprint density at radius 2 is 1.84 bits per heavy atom. The molecule has 0 spiro atoms. The molecule has 0 atom stereocenters. The topological polar surface area (TPSA) is 32.8 Å². The average Bonchev–Trinajstić information content (AvgIpc) is 2.79. The van der Waals surface area contributed by atoms with E-state index in [1.807, 2.05) is 42.2 Å². The number of carbonyl (C=O) groups is 1. The van der Waals surface area contributed by atoms with E-state index in [4.69, 9.17) is 4.74 Å². The zero-order valence-electron chi connectivity index (χ0n) is 15.3. The smallest absolute Gasteiger partial charge is 0.258 e. The van der Waals surface area contributed by atoms with Crippen LogP contribution in [0.2, 0.25) is 0 Å². The molecule has 2 aromatic rings. The van der Waals surface area contributed by atoms with E-state index in [0.717, 1.165) is 48.6 Å². The Morgan fingerprint density at radius 1 is 1.08 bits per heavy atom. The third-order valence-corrected chi connectivity index (χ3v) is 4.75. The van der Waals surface area contributed by atoms with Crippen molar-refractivity contribution < 1.29 is 9.53 Å². The van der Waals surface area contributed by atoms with Gasteiger partial charge in [0.25, 0.3) is 5.91 Å². The first kappa shape index (κ1) is 17.5. The zero-order chi connectivity index (χ0) is 17.8. The van der Waals surface area contributed by atoms with Gasteiger partial charge >= 0.3 is 0 Å². The largest absolute Gasteiger partial charge is 0.383 e. The van der Waals surface area contributed by atoms with Gasteiger partial charge < -0.3 is 14.5 Å². The van der Waals surface area contributed by atoms with Gasteiger partial charge in [0.1, 0.15) is 0 Å². The molecular weight excluding hydrogens is 312 g/mol. The first-order valence-electron chi connectivity index (χ1n) is 8.84. The Hall–Kier alpha value is -2.33. The van der Waals surface area contributed by atoms with Crippen molar-refractivity contribution in [2.24, 2.45) is 0 Å². The Labute approximate surface area is 150 Å². The van der Waals surface area contributed by atoms with E-state index in [1.54, 1.807) is 7.11 Å². The van der Waals surface area contributed by atoms with Crippen LogP contribution in [0.25, 0.3) is 0 Å². The van der Waals surface area contributed by atoms with Gasteiger partial charge in [-0.2, -0.15) is 0 Å². The van der Waals surface area contributed by atoms with Crippen LogP contribution in [0.4, 0.5) is 11.4 Å². The molecule has 0 aromatic heterocycles. The van der Waals surface area contributed by atoms with Gasteiger partial charge in [-0.05, 0) is 44.0 Å². The number of aryl methyl sites for hydroxylation is 2. The molecule has 1 aliphatic rings. The van der Waals surface area contributed by atoms with Crippen molar-refractivity contribution in [1.29, 1.82) is 0 Å². The van der Waals surface area contributed by atoms with Crippen molar-refractivity contribution in [2.45, 2.75) is 20.3 Å². The maximum absolute atomic E-state index is 13.3. The SMILES string of the molecule is COCCN1CCCN(C(=O)c2ccc(C)cc2C)c2ccccc21. The first-order chi connectivity index (χ1) is 12.1. The standard InChI is InChI=1S/C21H26N2O2/c1-16-9-10-18(17(2)15-16)21(24)23-12-6-11-22(13-14-25-3)19-7-4-5-8-20(19)23/h4-5,7-10,15H,6,11-14H2,1-3H3. The van der Waals surface area contributed by atoms with E-state index in [2.05, 4.69) is 24.0 Å². The predicted octanol–water partition coefficient (Wildman–Crippen LogP) is 3.81. The number of rotatable bonds is 4. The van der Waals surface area contributed by atoms with E-state index >= 15 is 0 Å². The predicted molar refractivity (Wildman–Crippen MR) is 103 cm³/mol. The molecule has 4 heteroatoms. The monoisotopic (exact) mass is 338 g/mol. The van der Waals surface area contributed by atoms with Gasteiger partial charge in [0.05, 0.1) is 18.0 Å². The highest BCUT2D eigenvalue weighted by atomic mass is 16.5. The van der Waals surface area contributed by atoms with Crippen molar-refractivity contribution in [3.05, 3.63) is 59.2 Å². The minimum atomic E-state index is 0.0820. The number of amides is 1. The molecule has 2 aromatic carbocycles. The van der Waals surface area contributed by atoms with E-state index in [0.29, 0.717) is 6.61 Å². The highest BCUT2D eigenvalue weighted by Gasteiger charge is 2.26. The lowest BCUT2D eigenvalue weighted by Gasteiger charge is -2.27. The van der Waals surface area contributed by atoms with Gasteiger partial charge in [-0.1, -0.05) is 29.8 Å². The summed E-state index contributed by atoms with van der Waals surface area (Å²) in [4.78, 5) is 17.5. The lowest BCUT2D eigenvalue weighted by atomic mass is 10.0. The van der Waals surface area contributed by atoms with E-state index < -0.39 is 0 Å². The first-order valence-corrected chi connectivity index (χ1v) is 8.84. The molecule has 0 saturated heterocycles. The van der Waals surface area contributed by atoms with E-state index in [-0.39, 0.29) is 5.91 Å². The number of anilines is 2. The summed E-state index contributed by atoms with van der Waals surface area (Å²) in [7, 11) is 1.72. The van der Waals surface area contributed by atoms with Crippen LogP contribution in [-0.4, -0.2) is 39.3 Å². The van der Waals surface area contributed by atoms with Crippen LogP contribution in [0, 0.1) is 13.8 Å². The number of para-hydroxylation sites is 2. The maximum atomic E-state index is 13.3. The summed E-state index contributed by atoms with van der Waals surface area (Å²) in [5, 5.41) is 0. The second-order valence-corrected chi connectivity index (χ2v) is 6.60. The number of methoxy groups -OCH3 is 1. The van der Waals surface area contributed by atoms with Crippen molar-refractivity contribution in [2.75, 3.05) is 43.2 Å². The fourth-order valence-electron chi connectivity index (χ4n) is 3.46. The molecular formula is C21H26N2O2. The molecule has 0 N–H and O–H groups in total. The van der Waals surface area contributed by atoms with Gasteiger partial charge in [0.2, 0.25) is 0 Å². The molecule has 0 saturated carbocycles. The summed E-state index contributed by atoms with van der Waals surface area (Å²) in [6, 6.07) is 14.2. The van der Waals surface area contributed by atoms with E-state index in [1.165, 1.54) is 5.56 Å². The summed E-state index contributed by atoms with van der Waals surface area (Å²) in [5.41, 5.74) is 5.08. The Morgan fingerprint density at radius 3 is 2.56 bits per heavy atom. The molecule has 1 heterocycles. The van der Waals surface area contributed by atoms with Crippen LogP contribution in [0.5, 0.6) is 0 Å². The van der Waals surface area contributed by atoms with Crippen LogP contribution in [0.15, 0.2) is 42.5 Å². The molecule has 0 fully saturated rings. The van der Waals surface area contributed by atoms with Crippen molar-refractivity contribution in [3.63, 3.8) is 0 Å². The normalized spacial score (nSPS) is 14.2. The lowest BCUT2D eigenvalue weighted by Crippen LogP contribution is -2.32. The van der Waals surface area contributed by atoms with Crippen LogP contribution >= 0.6 is 0 Å². The fraction of sp³-hybridized carbons (Fsp3) is 0.381. The summed E-state index contributed by atoms with van der Waals surface area (Å²) in [5.74, 6) is 0.0820. The summed E-state index contributed by atoms with van der Waals surface area (Å²) in [6.07, 6.45) is 0.940. The Kier molecular flexibility index (Phi) is 5.39. The van der Waals surface area contributed by atoms with Gasteiger partial charge in [-0.15, -0.1) is 0 Å². The number of carbonyl (C=O) groups excluding carboxylic acids is 1. The highest BCUT2D eigenvalue weighted by Crippen LogP contribution is 2.33. The molecule has 132 valence electrons. The molecule has 0 bridgehead atoms. The fourth-order valence-corrected chi connectivity index (χ4v) is 3.46. The summed E-state index contributed by atoms with van der Waals surface area (Å²) < 4.78 is 5.25. The van der Waals surface area contributed by atoms with Gasteiger partial charge in [-0.3, -0.25) is 4.79 Å². The molecule has 1 amide bonds. The lowest BCUT2D eigenvalue weighted by molar-refractivity contribution is 0.0986. The van der Waals surface area contributed by atoms with Crippen LogP contribution < -0.4 is 9.80 Å². The summed E-state index contributed by atoms with van der Waals surface area (Å²) >= 11 is 0. The minimum Gasteiger partial charge on any atom is -0.383 e. The Bertz CT molecular complexity index is 757. The Balaban J connectivity index is 1.96. The summed E-state index contributed by atoms with van der Waals surface area (Å²) in [6.45, 7) is 7.23. The van der Waals surface area contributed by atoms with Crippen molar-refractivity contribution in [3.8, 4) is 0 Å². The van der Waals surface area contributed by atoms with Crippen LogP contribution in [0.1, 0.15) is 27.9 Å². The third-order valence-electron chi connectivity index (χ3n) is 4.75. The van der Waals surface area contributed by atoms with Gasteiger partial charge in [-0.25, -0.2) is 0 Å². The number of nitrogens with zero attached hydrogens (tertiary/aromatic N) is 2. The number of hydrogen-bond donors (Lipinski definition) is 0. The maximum Gasteiger partial charge on any atom is 0.258 e. The second-order valence-electron chi connectivity index (χ2n) is 6.60. The molecule has 25 heavy (non-hydrogen) atoms. The van der Waals surface area contributed by atoms with Crippen molar-refractivity contribution in [1.82, 2.24) is 0 Å². The molecule has 0 radical (unpaired) electrons. The molecule has 3 rings (SSSR count). The van der Waals surface area contributed by atoms with Crippen LogP contribution in [0.3, 0.4) is 0 Å². The number of hydrogen-bond acceptors (Lipinski definition) is 3. The van der Waals surface area contributed by atoms with Gasteiger partial charge in [0.15, 0.2) is 0 Å². The molecule has 0 unspecified atom stereocenters. The quantitative estimate of drug-likeness (QED) is 0.850. The van der Waals surface area contributed by atoms with Crippen LogP contribution in [-0.2, 0) is 4.74 Å². The highest BCUT2D eigenvalue weighted by molar-refractivity contribution is 6.08. The van der Waals surface area contributed by atoms with Crippen molar-refractivity contribution >= 4 is 17.3 Å². The third kappa shape index (κ3) is 3.69. The molecule has 0 aliphatic carbocycles.